The molecule has 0 bridgehead atoms. The second kappa shape index (κ2) is 9.16. The molecule has 0 atom stereocenters. The first-order chi connectivity index (χ1) is 15.0. The zero-order chi connectivity index (χ0) is 21.8. The van der Waals surface area contributed by atoms with Crippen molar-refractivity contribution >= 4 is 17.5 Å². The summed E-state index contributed by atoms with van der Waals surface area (Å²) in [6.07, 6.45) is 9.53. The number of carbonyl (C=O) groups excluding carboxylic acids is 2. The number of aromatic nitrogens is 2. The molecule has 1 aromatic heterocycles. The lowest BCUT2D eigenvalue weighted by Gasteiger charge is -2.31. The van der Waals surface area contributed by atoms with Crippen LogP contribution in [0.5, 0.6) is 0 Å². The fourth-order valence-electron chi connectivity index (χ4n) is 4.06. The molecule has 3 aromatic rings. The molecule has 2 aromatic carbocycles. The van der Waals surface area contributed by atoms with Gasteiger partial charge in [-0.2, -0.15) is 5.10 Å². The van der Waals surface area contributed by atoms with Gasteiger partial charge >= 0.3 is 0 Å². The lowest BCUT2D eigenvalue weighted by atomic mass is 9.94. The van der Waals surface area contributed by atoms with Crippen LogP contribution in [0.15, 0.2) is 60.9 Å². The standard InChI is InChI=1S/C25H28N4O2/c1-18-16-26-29(17-18)23-14-10-19(11-15-23)24(30)27-21-12-8-20(9-13-21)25(31)28(2)22-6-4-3-5-7-22/h8-17,22H,3-7H2,1-2H3,(H,27,30). The highest BCUT2D eigenvalue weighted by molar-refractivity contribution is 6.04. The summed E-state index contributed by atoms with van der Waals surface area (Å²) in [4.78, 5) is 27.2. The summed E-state index contributed by atoms with van der Waals surface area (Å²) in [7, 11) is 1.89. The molecule has 0 unspecified atom stereocenters. The molecule has 0 radical (unpaired) electrons. The van der Waals surface area contributed by atoms with Crippen molar-refractivity contribution in [1.82, 2.24) is 14.7 Å². The molecule has 1 saturated carbocycles. The lowest BCUT2D eigenvalue weighted by Crippen LogP contribution is -2.38. The van der Waals surface area contributed by atoms with Crippen molar-refractivity contribution < 1.29 is 9.59 Å². The minimum absolute atomic E-state index is 0.0363. The Morgan fingerprint density at radius 2 is 1.61 bits per heavy atom. The molecule has 4 rings (SSSR count). The predicted octanol–water partition coefficient (Wildman–Crippen LogP) is 4.84. The number of amides is 2. The number of rotatable bonds is 5. The zero-order valence-corrected chi connectivity index (χ0v) is 18.0. The summed E-state index contributed by atoms with van der Waals surface area (Å²) in [5.41, 5.74) is 3.84. The maximum atomic E-state index is 12.8. The van der Waals surface area contributed by atoms with Crippen LogP contribution < -0.4 is 5.32 Å². The van der Waals surface area contributed by atoms with Crippen molar-refractivity contribution in [2.45, 2.75) is 45.1 Å². The topological polar surface area (TPSA) is 67.2 Å². The third-order valence-corrected chi connectivity index (χ3v) is 5.94. The molecular weight excluding hydrogens is 388 g/mol. The van der Waals surface area contributed by atoms with Gasteiger partial charge in [-0.3, -0.25) is 9.59 Å². The first-order valence-corrected chi connectivity index (χ1v) is 10.8. The van der Waals surface area contributed by atoms with Crippen molar-refractivity contribution in [3.63, 3.8) is 0 Å². The predicted molar refractivity (Wildman–Crippen MR) is 122 cm³/mol. The summed E-state index contributed by atoms with van der Waals surface area (Å²) in [5, 5.41) is 7.17. The van der Waals surface area contributed by atoms with Crippen LogP contribution >= 0.6 is 0 Å². The Morgan fingerprint density at radius 1 is 0.968 bits per heavy atom. The fraction of sp³-hybridized carbons (Fsp3) is 0.320. The number of benzene rings is 2. The van der Waals surface area contributed by atoms with Gasteiger partial charge in [-0.15, -0.1) is 0 Å². The summed E-state index contributed by atoms with van der Waals surface area (Å²) in [6, 6.07) is 14.7. The molecule has 1 fully saturated rings. The molecule has 31 heavy (non-hydrogen) atoms. The van der Waals surface area contributed by atoms with Gasteiger partial charge in [-0.25, -0.2) is 4.68 Å². The summed E-state index contributed by atoms with van der Waals surface area (Å²) in [6.45, 7) is 1.98. The Hall–Kier alpha value is -3.41. The fourth-order valence-corrected chi connectivity index (χ4v) is 4.06. The van der Waals surface area contributed by atoms with E-state index in [0.717, 1.165) is 24.1 Å². The van der Waals surface area contributed by atoms with E-state index < -0.39 is 0 Å². The average Bonchev–Trinajstić information content (AvgIpc) is 3.25. The van der Waals surface area contributed by atoms with E-state index in [0.29, 0.717) is 22.9 Å². The molecule has 0 saturated heterocycles. The van der Waals surface area contributed by atoms with E-state index in [1.54, 1.807) is 47.3 Å². The number of hydrogen-bond donors (Lipinski definition) is 1. The molecule has 2 amide bonds. The quantitative estimate of drug-likeness (QED) is 0.647. The molecule has 0 aliphatic heterocycles. The Labute approximate surface area is 182 Å². The monoisotopic (exact) mass is 416 g/mol. The highest BCUT2D eigenvalue weighted by Gasteiger charge is 2.22. The third-order valence-electron chi connectivity index (χ3n) is 5.94. The van der Waals surface area contributed by atoms with Crippen molar-refractivity contribution in [1.29, 1.82) is 0 Å². The van der Waals surface area contributed by atoms with Gasteiger partial charge in [0.2, 0.25) is 0 Å². The van der Waals surface area contributed by atoms with Crippen molar-refractivity contribution in [2.24, 2.45) is 0 Å². The smallest absolute Gasteiger partial charge is 0.255 e. The molecule has 0 spiro atoms. The van der Waals surface area contributed by atoms with E-state index in [1.807, 2.05) is 37.2 Å². The van der Waals surface area contributed by atoms with E-state index in [4.69, 9.17) is 0 Å². The van der Waals surface area contributed by atoms with E-state index in [9.17, 15) is 9.59 Å². The molecule has 1 N–H and O–H groups in total. The van der Waals surface area contributed by atoms with Gasteiger partial charge in [0.1, 0.15) is 0 Å². The third kappa shape index (κ3) is 4.85. The number of nitrogens with zero attached hydrogens (tertiary/aromatic N) is 3. The Balaban J connectivity index is 1.38. The van der Waals surface area contributed by atoms with E-state index in [2.05, 4.69) is 10.4 Å². The number of nitrogens with one attached hydrogen (secondary N) is 1. The first-order valence-electron chi connectivity index (χ1n) is 10.8. The van der Waals surface area contributed by atoms with E-state index >= 15 is 0 Å². The van der Waals surface area contributed by atoms with Crippen LogP contribution in [-0.2, 0) is 0 Å². The number of carbonyl (C=O) groups is 2. The molecule has 1 aliphatic carbocycles. The highest BCUT2D eigenvalue weighted by atomic mass is 16.2. The number of anilines is 1. The van der Waals surface area contributed by atoms with Crippen LogP contribution in [0.4, 0.5) is 5.69 Å². The Bertz CT molecular complexity index is 1050. The van der Waals surface area contributed by atoms with Gasteiger partial charge in [-0.05, 0) is 73.9 Å². The second-order valence-electron chi connectivity index (χ2n) is 8.25. The van der Waals surface area contributed by atoms with Crippen LogP contribution in [0.2, 0.25) is 0 Å². The summed E-state index contributed by atoms with van der Waals surface area (Å²) < 4.78 is 1.77. The van der Waals surface area contributed by atoms with Gasteiger partial charge in [0.25, 0.3) is 11.8 Å². The zero-order valence-electron chi connectivity index (χ0n) is 18.0. The molecule has 6 heteroatoms. The largest absolute Gasteiger partial charge is 0.339 e. The molecular formula is C25H28N4O2. The van der Waals surface area contributed by atoms with Gasteiger partial charge in [0, 0.05) is 36.1 Å². The highest BCUT2D eigenvalue weighted by Crippen LogP contribution is 2.23. The van der Waals surface area contributed by atoms with Crippen LogP contribution in [0.25, 0.3) is 5.69 Å². The lowest BCUT2D eigenvalue weighted by molar-refractivity contribution is 0.0696. The minimum Gasteiger partial charge on any atom is -0.339 e. The van der Waals surface area contributed by atoms with E-state index in [1.165, 1.54) is 19.3 Å². The van der Waals surface area contributed by atoms with Crippen molar-refractivity contribution in [3.05, 3.63) is 77.6 Å². The number of hydrogen-bond acceptors (Lipinski definition) is 3. The molecule has 1 aliphatic rings. The molecule has 6 nitrogen and oxygen atoms in total. The Kier molecular flexibility index (Phi) is 6.16. The summed E-state index contributed by atoms with van der Waals surface area (Å²) >= 11 is 0. The van der Waals surface area contributed by atoms with Gasteiger partial charge < -0.3 is 10.2 Å². The van der Waals surface area contributed by atoms with Crippen LogP contribution in [-0.4, -0.2) is 39.6 Å². The van der Waals surface area contributed by atoms with Gasteiger partial charge in [0.05, 0.1) is 11.9 Å². The van der Waals surface area contributed by atoms with Crippen LogP contribution in [0.1, 0.15) is 58.4 Å². The van der Waals surface area contributed by atoms with Gasteiger partial charge in [-0.1, -0.05) is 19.3 Å². The van der Waals surface area contributed by atoms with Crippen LogP contribution in [0, 0.1) is 6.92 Å². The Morgan fingerprint density at radius 3 is 2.23 bits per heavy atom. The maximum absolute atomic E-state index is 12.8. The normalized spacial score (nSPS) is 14.3. The minimum atomic E-state index is -0.193. The summed E-state index contributed by atoms with van der Waals surface area (Å²) in [5.74, 6) is -0.157. The van der Waals surface area contributed by atoms with Crippen molar-refractivity contribution in [2.75, 3.05) is 12.4 Å². The number of aryl methyl sites for hydroxylation is 1. The van der Waals surface area contributed by atoms with Crippen LogP contribution in [0.3, 0.4) is 0 Å². The van der Waals surface area contributed by atoms with Crippen molar-refractivity contribution in [3.8, 4) is 5.69 Å². The second-order valence-corrected chi connectivity index (χ2v) is 8.25. The molecule has 1 heterocycles. The average molecular weight is 417 g/mol. The van der Waals surface area contributed by atoms with E-state index in [-0.39, 0.29) is 11.8 Å². The first kappa shape index (κ1) is 20.8. The van der Waals surface area contributed by atoms with Gasteiger partial charge in [0.15, 0.2) is 0 Å². The molecule has 160 valence electrons. The SMILES string of the molecule is Cc1cnn(-c2ccc(C(=O)Nc3ccc(C(=O)N(C)C4CCCCC4)cc3)cc2)c1. The maximum Gasteiger partial charge on any atom is 0.255 e.